The SMILES string of the molecule is CCCNC(=O)[C@@H](C)N(Cc1cccc(Cl)c1)C(=O)Cc1ccccc1F. The number of carbonyl (C=O) groups is 2. The highest BCUT2D eigenvalue weighted by Gasteiger charge is 2.26. The molecule has 144 valence electrons. The van der Waals surface area contributed by atoms with E-state index in [-0.39, 0.29) is 24.8 Å². The molecule has 2 aromatic rings. The van der Waals surface area contributed by atoms with E-state index in [2.05, 4.69) is 5.32 Å². The molecule has 0 unspecified atom stereocenters. The first-order valence-corrected chi connectivity index (χ1v) is 9.35. The van der Waals surface area contributed by atoms with Gasteiger partial charge in [-0.2, -0.15) is 0 Å². The summed E-state index contributed by atoms with van der Waals surface area (Å²) in [5.41, 5.74) is 1.11. The summed E-state index contributed by atoms with van der Waals surface area (Å²) in [6, 6.07) is 12.6. The highest BCUT2D eigenvalue weighted by molar-refractivity contribution is 6.30. The molecule has 0 bridgehead atoms. The van der Waals surface area contributed by atoms with Crippen LogP contribution in [0.5, 0.6) is 0 Å². The summed E-state index contributed by atoms with van der Waals surface area (Å²) in [4.78, 5) is 26.8. The summed E-state index contributed by atoms with van der Waals surface area (Å²) >= 11 is 6.04. The Balaban J connectivity index is 2.23. The van der Waals surface area contributed by atoms with E-state index in [1.807, 2.05) is 13.0 Å². The van der Waals surface area contributed by atoms with Gasteiger partial charge in [0.15, 0.2) is 0 Å². The van der Waals surface area contributed by atoms with Crippen molar-refractivity contribution in [3.63, 3.8) is 0 Å². The van der Waals surface area contributed by atoms with Gasteiger partial charge in [0.1, 0.15) is 11.9 Å². The van der Waals surface area contributed by atoms with E-state index in [0.29, 0.717) is 17.1 Å². The second kappa shape index (κ2) is 10.1. The molecule has 2 rings (SSSR count). The van der Waals surface area contributed by atoms with Gasteiger partial charge >= 0.3 is 0 Å². The highest BCUT2D eigenvalue weighted by atomic mass is 35.5. The summed E-state index contributed by atoms with van der Waals surface area (Å²) in [5.74, 6) is -0.989. The lowest BCUT2D eigenvalue weighted by Gasteiger charge is -2.29. The van der Waals surface area contributed by atoms with Crippen molar-refractivity contribution < 1.29 is 14.0 Å². The van der Waals surface area contributed by atoms with Crippen molar-refractivity contribution in [3.8, 4) is 0 Å². The van der Waals surface area contributed by atoms with Crippen LogP contribution in [0.15, 0.2) is 48.5 Å². The van der Waals surface area contributed by atoms with E-state index in [9.17, 15) is 14.0 Å². The van der Waals surface area contributed by atoms with Crippen LogP contribution < -0.4 is 5.32 Å². The highest BCUT2D eigenvalue weighted by Crippen LogP contribution is 2.17. The molecule has 1 N–H and O–H groups in total. The zero-order chi connectivity index (χ0) is 19.8. The minimum atomic E-state index is -0.685. The van der Waals surface area contributed by atoms with Crippen LogP contribution in [0.2, 0.25) is 5.02 Å². The second-order valence-corrected chi connectivity index (χ2v) is 6.82. The summed E-state index contributed by atoms with van der Waals surface area (Å²) in [7, 11) is 0. The van der Waals surface area contributed by atoms with Crippen LogP contribution in [0.4, 0.5) is 4.39 Å². The van der Waals surface area contributed by atoms with E-state index in [0.717, 1.165) is 12.0 Å². The molecule has 2 aromatic carbocycles. The number of benzene rings is 2. The van der Waals surface area contributed by atoms with Crippen molar-refractivity contribution >= 4 is 23.4 Å². The standard InChI is InChI=1S/C21H24ClFN2O2/c1-3-11-24-21(27)15(2)25(14-16-7-6-9-18(22)12-16)20(26)13-17-8-4-5-10-19(17)23/h4-10,12,15H,3,11,13-14H2,1-2H3,(H,24,27)/t15-/m1/s1. The molecule has 27 heavy (non-hydrogen) atoms. The fourth-order valence-corrected chi connectivity index (χ4v) is 2.93. The molecular formula is C21H24ClFN2O2. The maximum absolute atomic E-state index is 14.0. The predicted octanol–water partition coefficient (Wildman–Crippen LogP) is 3.97. The molecule has 0 saturated carbocycles. The molecule has 0 fully saturated rings. The monoisotopic (exact) mass is 390 g/mol. The van der Waals surface area contributed by atoms with E-state index in [1.54, 1.807) is 43.3 Å². The molecular weight excluding hydrogens is 367 g/mol. The van der Waals surface area contributed by atoms with Gasteiger partial charge in [0.2, 0.25) is 11.8 Å². The van der Waals surface area contributed by atoms with Gasteiger partial charge in [0, 0.05) is 18.1 Å². The number of halogens is 2. The van der Waals surface area contributed by atoms with E-state index >= 15 is 0 Å². The predicted molar refractivity (Wildman–Crippen MR) is 105 cm³/mol. The average molecular weight is 391 g/mol. The number of amides is 2. The van der Waals surface area contributed by atoms with Crippen LogP contribution in [-0.2, 0) is 22.6 Å². The summed E-state index contributed by atoms with van der Waals surface area (Å²) in [6.07, 6.45) is 0.689. The van der Waals surface area contributed by atoms with Gasteiger partial charge in [-0.15, -0.1) is 0 Å². The fraction of sp³-hybridized carbons (Fsp3) is 0.333. The van der Waals surface area contributed by atoms with Crippen molar-refractivity contribution in [1.29, 1.82) is 0 Å². The first-order valence-electron chi connectivity index (χ1n) is 8.97. The number of hydrogen-bond acceptors (Lipinski definition) is 2. The van der Waals surface area contributed by atoms with E-state index in [1.165, 1.54) is 11.0 Å². The molecule has 0 spiro atoms. The Labute approximate surface area is 164 Å². The molecule has 1 atom stereocenters. The van der Waals surface area contributed by atoms with Crippen molar-refractivity contribution in [2.24, 2.45) is 0 Å². The molecule has 2 amide bonds. The Morgan fingerprint density at radius 3 is 2.59 bits per heavy atom. The van der Waals surface area contributed by atoms with E-state index < -0.39 is 11.9 Å². The zero-order valence-electron chi connectivity index (χ0n) is 15.5. The Bertz CT molecular complexity index is 797. The van der Waals surface area contributed by atoms with Gasteiger partial charge in [-0.1, -0.05) is 48.9 Å². The quantitative estimate of drug-likeness (QED) is 0.741. The first kappa shape index (κ1) is 20.9. The van der Waals surface area contributed by atoms with Gasteiger partial charge in [-0.05, 0) is 42.7 Å². The maximum atomic E-state index is 14.0. The number of nitrogens with zero attached hydrogens (tertiary/aromatic N) is 1. The van der Waals surface area contributed by atoms with Gasteiger partial charge in [-0.3, -0.25) is 9.59 Å². The lowest BCUT2D eigenvalue weighted by molar-refractivity contribution is -0.140. The molecule has 4 nitrogen and oxygen atoms in total. The van der Waals surface area contributed by atoms with Crippen molar-refractivity contribution in [3.05, 3.63) is 70.5 Å². The Morgan fingerprint density at radius 2 is 1.93 bits per heavy atom. The topological polar surface area (TPSA) is 49.4 Å². The molecule has 0 saturated heterocycles. The van der Waals surface area contributed by atoms with Crippen LogP contribution >= 0.6 is 11.6 Å². The van der Waals surface area contributed by atoms with Crippen molar-refractivity contribution in [1.82, 2.24) is 10.2 Å². The average Bonchev–Trinajstić information content (AvgIpc) is 2.65. The number of hydrogen-bond donors (Lipinski definition) is 1. The summed E-state index contributed by atoms with van der Waals surface area (Å²) < 4.78 is 14.0. The number of carbonyl (C=O) groups excluding carboxylic acids is 2. The van der Waals surface area contributed by atoms with Gasteiger partial charge in [0.25, 0.3) is 0 Å². The molecule has 0 aromatic heterocycles. The van der Waals surface area contributed by atoms with Crippen LogP contribution in [0, 0.1) is 5.82 Å². The Kier molecular flexibility index (Phi) is 7.80. The van der Waals surface area contributed by atoms with Crippen LogP contribution in [0.1, 0.15) is 31.4 Å². The molecule has 0 aliphatic heterocycles. The molecule has 6 heteroatoms. The summed E-state index contributed by atoms with van der Waals surface area (Å²) in [5, 5.41) is 3.36. The van der Waals surface area contributed by atoms with E-state index in [4.69, 9.17) is 11.6 Å². The third kappa shape index (κ3) is 6.07. The smallest absolute Gasteiger partial charge is 0.242 e. The third-order valence-electron chi connectivity index (χ3n) is 4.26. The lowest BCUT2D eigenvalue weighted by atomic mass is 10.1. The number of nitrogens with one attached hydrogen (secondary N) is 1. The Hall–Kier alpha value is -2.40. The minimum Gasteiger partial charge on any atom is -0.354 e. The van der Waals surface area contributed by atoms with Gasteiger partial charge < -0.3 is 10.2 Å². The Morgan fingerprint density at radius 1 is 1.19 bits per heavy atom. The van der Waals surface area contributed by atoms with Crippen molar-refractivity contribution in [2.75, 3.05) is 6.54 Å². The van der Waals surface area contributed by atoms with Crippen LogP contribution in [0.25, 0.3) is 0 Å². The maximum Gasteiger partial charge on any atom is 0.242 e. The summed E-state index contributed by atoms with van der Waals surface area (Å²) in [6.45, 7) is 4.39. The molecule has 0 aliphatic rings. The minimum absolute atomic E-state index is 0.112. The van der Waals surface area contributed by atoms with Crippen LogP contribution in [-0.4, -0.2) is 29.3 Å². The van der Waals surface area contributed by atoms with Gasteiger partial charge in [0.05, 0.1) is 6.42 Å². The molecule has 0 radical (unpaired) electrons. The third-order valence-corrected chi connectivity index (χ3v) is 4.49. The first-order chi connectivity index (χ1) is 12.9. The largest absolute Gasteiger partial charge is 0.354 e. The fourth-order valence-electron chi connectivity index (χ4n) is 2.72. The lowest BCUT2D eigenvalue weighted by Crippen LogP contribution is -2.48. The van der Waals surface area contributed by atoms with Gasteiger partial charge in [-0.25, -0.2) is 4.39 Å². The molecule has 0 heterocycles. The normalized spacial score (nSPS) is 11.7. The van der Waals surface area contributed by atoms with Crippen LogP contribution in [0.3, 0.4) is 0 Å². The molecule has 0 aliphatic carbocycles. The second-order valence-electron chi connectivity index (χ2n) is 6.39. The number of rotatable bonds is 8. The van der Waals surface area contributed by atoms with Crippen molar-refractivity contribution in [2.45, 2.75) is 39.3 Å². The zero-order valence-corrected chi connectivity index (χ0v) is 16.3.